The Hall–Kier alpha value is -3.96. The summed E-state index contributed by atoms with van der Waals surface area (Å²) in [6, 6.07) is 4.99. The fourth-order valence-corrected chi connectivity index (χ4v) is 4.31. The predicted octanol–water partition coefficient (Wildman–Crippen LogP) is 1.08. The third kappa shape index (κ3) is 5.81. The van der Waals surface area contributed by atoms with E-state index in [0.29, 0.717) is 65.4 Å². The largest absolute Gasteiger partial charge is 0.481 e. The van der Waals surface area contributed by atoms with Crippen LogP contribution in [0, 0.1) is 5.92 Å². The Kier molecular flexibility index (Phi) is 7.81. The summed E-state index contributed by atoms with van der Waals surface area (Å²) in [5.41, 5.74) is 8.40. The molecule has 1 aliphatic heterocycles. The SMILES string of the molecule is C=C(/C=C1/NC(=O)CO/C1=C/N)CN[C@H]1CC[C@H](C(=O)Nc2ccnc3ccc(OC)nc23)C[C@@H]1O. The summed E-state index contributed by atoms with van der Waals surface area (Å²) in [5.74, 6) is 0.0167. The summed E-state index contributed by atoms with van der Waals surface area (Å²) in [6.45, 7) is 4.29. The molecule has 1 aliphatic carbocycles. The van der Waals surface area contributed by atoms with Crippen molar-refractivity contribution in [3.05, 3.63) is 60.3 Å². The minimum absolute atomic E-state index is 0.0871. The third-order valence-corrected chi connectivity index (χ3v) is 6.20. The molecule has 2 amide bonds. The van der Waals surface area contributed by atoms with Crippen molar-refractivity contribution in [1.29, 1.82) is 0 Å². The van der Waals surface area contributed by atoms with Crippen LogP contribution in [0.5, 0.6) is 5.88 Å². The number of hydrogen-bond acceptors (Lipinski definition) is 9. The van der Waals surface area contributed by atoms with Crippen molar-refractivity contribution in [1.82, 2.24) is 20.6 Å². The van der Waals surface area contributed by atoms with Crippen LogP contribution in [0.4, 0.5) is 5.69 Å². The molecule has 2 aromatic heterocycles. The van der Waals surface area contributed by atoms with Crippen LogP contribution in [0.25, 0.3) is 11.0 Å². The van der Waals surface area contributed by atoms with Crippen LogP contribution in [-0.4, -0.2) is 59.3 Å². The van der Waals surface area contributed by atoms with Crippen LogP contribution in [0.15, 0.2) is 60.3 Å². The van der Waals surface area contributed by atoms with Gasteiger partial charge in [-0.3, -0.25) is 14.6 Å². The van der Waals surface area contributed by atoms with E-state index in [2.05, 4.69) is 32.5 Å². The Labute approximate surface area is 208 Å². The molecule has 0 aromatic carbocycles. The first-order chi connectivity index (χ1) is 17.4. The zero-order chi connectivity index (χ0) is 25.7. The summed E-state index contributed by atoms with van der Waals surface area (Å²) in [6.07, 6.45) is 5.40. The fourth-order valence-electron chi connectivity index (χ4n) is 4.31. The topological polar surface area (TPSA) is 161 Å². The first kappa shape index (κ1) is 25.1. The summed E-state index contributed by atoms with van der Waals surface area (Å²) < 4.78 is 10.5. The number of nitrogens with two attached hydrogens (primary N) is 1. The highest BCUT2D eigenvalue weighted by Crippen LogP contribution is 2.28. The number of ether oxygens (including phenoxy) is 2. The molecule has 1 saturated heterocycles. The summed E-state index contributed by atoms with van der Waals surface area (Å²) in [7, 11) is 1.53. The molecule has 2 aliphatic rings. The predicted molar refractivity (Wildman–Crippen MR) is 133 cm³/mol. The normalized spacial score (nSPS) is 24.3. The van der Waals surface area contributed by atoms with Gasteiger partial charge in [-0.05, 0) is 43.0 Å². The lowest BCUT2D eigenvalue weighted by Gasteiger charge is -2.33. The lowest BCUT2D eigenvalue weighted by molar-refractivity contribution is -0.125. The molecule has 4 rings (SSSR count). The fraction of sp³-hybridized carbons (Fsp3) is 0.360. The van der Waals surface area contributed by atoms with Crippen molar-refractivity contribution in [2.24, 2.45) is 11.7 Å². The molecule has 0 bridgehead atoms. The number of anilines is 1. The molecule has 2 aromatic rings. The molecule has 36 heavy (non-hydrogen) atoms. The van der Waals surface area contributed by atoms with Gasteiger partial charge in [-0.2, -0.15) is 0 Å². The second kappa shape index (κ2) is 11.2. The lowest BCUT2D eigenvalue weighted by Crippen LogP contribution is -2.46. The van der Waals surface area contributed by atoms with Crippen LogP contribution in [0.3, 0.4) is 0 Å². The van der Waals surface area contributed by atoms with Gasteiger partial charge in [0.25, 0.3) is 5.91 Å². The highest BCUT2D eigenvalue weighted by atomic mass is 16.5. The van der Waals surface area contributed by atoms with E-state index in [4.69, 9.17) is 15.2 Å². The highest BCUT2D eigenvalue weighted by Gasteiger charge is 2.33. The van der Waals surface area contributed by atoms with Gasteiger partial charge in [-0.1, -0.05) is 6.58 Å². The van der Waals surface area contributed by atoms with E-state index in [1.54, 1.807) is 30.5 Å². The number of nitrogens with zero attached hydrogens (tertiary/aromatic N) is 2. The summed E-state index contributed by atoms with van der Waals surface area (Å²) >= 11 is 0. The van der Waals surface area contributed by atoms with Gasteiger partial charge in [0.05, 0.1) is 30.1 Å². The van der Waals surface area contributed by atoms with Gasteiger partial charge in [-0.15, -0.1) is 0 Å². The van der Waals surface area contributed by atoms with Crippen LogP contribution in [0.2, 0.25) is 0 Å². The first-order valence-corrected chi connectivity index (χ1v) is 11.6. The zero-order valence-electron chi connectivity index (χ0n) is 20.0. The number of aliphatic hydroxyl groups is 1. The van der Waals surface area contributed by atoms with Crippen LogP contribution in [0.1, 0.15) is 19.3 Å². The molecule has 2 fully saturated rings. The van der Waals surface area contributed by atoms with Crippen LogP contribution >= 0.6 is 0 Å². The van der Waals surface area contributed by atoms with Gasteiger partial charge in [0, 0.05) is 37.0 Å². The first-order valence-electron chi connectivity index (χ1n) is 11.6. The number of methoxy groups -OCH3 is 1. The average Bonchev–Trinajstić information content (AvgIpc) is 2.88. The zero-order valence-corrected chi connectivity index (χ0v) is 20.0. The molecule has 0 radical (unpaired) electrons. The van der Waals surface area contributed by atoms with Crippen molar-refractivity contribution in [2.75, 3.05) is 25.6 Å². The molecular weight excluding hydrogens is 464 g/mol. The third-order valence-electron chi connectivity index (χ3n) is 6.20. The van der Waals surface area contributed by atoms with Gasteiger partial charge in [0.15, 0.2) is 12.4 Å². The van der Waals surface area contributed by atoms with Gasteiger partial charge in [0.1, 0.15) is 5.52 Å². The Morgan fingerprint density at radius 3 is 2.97 bits per heavy atom. The lowest BCUT2D eigenvalue weighted by atomic mass is 9.83. The number of hydrogen-bond donors (Lipinski definition) is 5. The maximum atomic E-state index is 13.0. The van der Waals surface area contributed by atoms with Crippen molar-refractivity contribution in [3.8, 4) is 5.88 Å². The van der Waals surface area contributed by atoms with Crippen molar-refractivity contribution >= 4 is 28.5 Å². The van der Waals surface area contributed by atoms with E-state index in [0.717, 1.165) is 0 Å². The van der Waals surface area contributed by atoms with E-state index < -0.39 is 6.10 Å². The number of aromatic nitrogens is 2. The molecule has 11 nitrogen and oxygen atoms in total. The molecule has 1 saturated carbocycles. The number of aliphatic hydroxyl groups excluding tert-OH is 1. The van der Waals surface area contributed by atoms with Gasteiger partial charge < -0.3 is 36.3 Å². The average molecular weight is 495 g/mol. The quantitative estimate of drug-likeness (QED) is 0.379. The van der Waals surface area contributed by atoms with Crippen molar-refractivity contribution < 1.29 is 24.2 Å². The number of carbonyl (C=O) groups is 2. The second-order valence-electron chi connectivity index (χ2n) is 8.72. The number of morpholine rings is 1. The standard InChI is InChI=1S/C25H30N6O5/c1-14(9-19-21(11-26)36-13-22(33)29-19)12-28-16-4-3-15(10-20(16)32)25(34)30-18-7-8-27-17-5-6-23(35-2)31-24(17)18/h5-9,11,15-16,20,28,32H,1,3-4,10,12-13,26H2,2H3,(H,29,33)(H,27,30,34)/b19-9+,21-11+/t15-,16-,20-/m0/s1. The van der Waals surface area contributed by atoms with Crippen molar-refractivity contribution in [3.63, 3.8) is 0 Å². The molecular formula is C25H30N6O5. The van der Waals surface area contributed by atoms with E-state index >= 15 is 0 Å². The number of pyridine rings is 2. The Morgan fingerprint density at radius 2 is 2.22 bits per heavy atom. The smallest absolute Gasteiger partial charge is 0.262 e. The highest BCUT2D eigenvalue weighted by molar-refractivity contribution is 6.00. The van der Waals surface area contributed by atoms with Gasteiger partial charge >= 0.3 is 0 Å². The van der Waals surface area contributed by atoms with E-state index in [1.165, 1.54) is 13.3 Å². The minimum Gasteiger partial charge on any atom is -0.481 e. The Morgan fingerprint density at radius 1 is 1.39 bits per heavy atom. The maximum Gasteiger partial charge on any atom is 0.262 e. The molecule has 3 atom stereocenters. The monoisotopic (exact) mass is 494 g/mol. The molecule has 11 heteroatoms. The molecule has 0 unspecified atom stereocenters. The summed E-state index contributed by atoms with van der Waals surface area (Å²) in [4.78, 5) is 33.3. The van der Waals surface area contributed by atoms with E-state index in [9.17, 15) is 14.7 Å². The Balaban J connectivity index is 1.32. The van der Waals surface area contributed by atoms with E-state index in [-0.39, 0.29) is 30.4 Å². The van der Waals surface area contributed by atoms with Crippen molar-refractivity contribution in [2.45, 2.75) is 31.4 Å². The number of carbonyl (C=O) groups excluding carboxylic acids is 2. The minimum atomic E-state index is -0.709. The van der Waals surface area contributed by atoms with Gasteiger partial charge in [-0.25, -0.2) is 4.98 Å². The second-order valence-corrected chi connectivity index (χ2v) is 8.72. The summed E-state index contributed by atoms with van der Waals surface area (Å²) in [5, 5.41) is 19.6. The number of rotatable bonds is 7. The number of amides is 2. The van der Waals surface area contributed by atoms with Gasteiger partial charge in [0.2, 0.25) is 11.8 Å². The molecule has 6 N–H and O–H groups in total. The molecule has 0 spiro atoms. The van der Waals surface area contributed by atoms with E-state index in [1.807, 2.05) is 0 Å². The Bertz CT molecular complexity index is 1230. The maximum absolute atomic E-state index is 13.0. The number of nitrogens with one attached hydrogen (secondary N) is 3. The van der Waals surface area contributed by atoms with Crippen LogP contribution in [-0.2, 0) is 14.3 Å². The molecule has 190 valence electrons. The molecule has 3 heterocycles. The number of fused-ring (bicyclic) bond motifs is 1. The van der Waals surface area contributed by atoms with Crippen LogP contribution < -0.4 is 26.4 Å².